The number of phosphoric ester groups is 2. The molecule has 0 saturated heterocycles. The Bertz CT molecular complexity index is 1720. The van der Waals surface area contributed by atoms with E-state index in [1.165, 1.54) is 141 Å². The van der Waals surface area contributed by atoms with Crippen LogP contribution in [-0.2, 0) is 65.4 Å². The Morgan fingerprint density at radius 3 is 0.782 bits per heavy atom. The maximum Gasteiger partial charge on any atom is 0.472 e. The summed E-state index contributed by atoms with van der Waals surface area (Å²) in [6.07, 6.45) is 41.7. The summed E-state index contributed by atoms with van der Waals surface area (Å²) in [7, 11) is -9.90. The van der Waals surface area contributed by atoms with Crippen LogP contribution in [0.5, 0.6) is 0 Å². The maximum absolute atomic E-state index is 13.0. The van der Waals surface area contributed by atoms with Gasteiger partial charge in [0.05, 0.1) is 26.4 Å². The van der Waals surface area contributed by atoms with E-state index in [0.717, 1.165) is 108 Å². The molecule has 0 aliphatic rings. The molecule has 0 bridgehead atoms. The molecule has 0 spiro atoms. The van der Waals surface area contributed by atoms with Gasteiger partial charge in [-0.25, -0.2) is 9.13 Å². The summed E-state index contributed by atoms with van der Waals surface area (Å²) in [6, 6.07) is 0. The molecule has 516 valence electrons. The number of ether oxygens (including phenoxy) is 4. The second-order valence-corrected chi connectivity index (χ2v) is 28.9. The molecule has 0 aliphatic carbocycles. The third kappa shape index (κ3) is 62.6. The predicted molar refractivity (Wildman–Crippen MR) is 349 cm³/mol. The number of carbonyl (C=O) groups is 4. The largest absolute Gasteiger partial charge is 0.472 e. The summed E-state index contributed by atoms with van der Waals surface area (Å²) >= 11 is 0. The van der Waals surface area contributed by atoms with Gasteiger partial charge in [-0.3, -0.25) is 37.3 Å². The molecule has 0 aromatic carbocycles. The molecule has 0 saturated carbocycles. The Kier molecular flexibility index (Phi) is 57.8. The highest BCUT2D eigenvalue weighted by Gasteiger charge is 2.30. The van der Waals surface area contributed by atoms with Crippen molar-refractivity contribution in [2.75, 3.05) is 39.6 Å². The third-order valence-corrected chi connectivity index (χ3v) is 17.5. The monoisotopic (exact) mass is 1280 g/mol. The molecule has 0 amide bonds. The summed E-state index contributed by atoms with van der Waals surface area (Å²) in [6.45, 7) is 11.8. The highest BCUT2D eigenvalue weighted by atomic mass is 31.2. The van der Waals surface area contributed by atoms with Crippen LogP contribution in [0.2, 0.25) is 0 Å². The first-order valence-corrected chi connectivity index (χ1v) is 38.3. The predicted octanol–water partition coefficient (Wildman–Crippen LogP) is 19.1. The molecule has 0 aromatic rings. The second kappa shape index (κ2) is 59.1. The number of hydrogen-bond acceptors (Lipinski definition) is 15. The van der Waals surface area contributed by atoms with Crippen molar-refractivity contribution < 1.29 is 80.2 Å². The van der Waals surface area contributed by atoms with Crippen molar-refractivity contribution in [2.24, 2.45) is 17.8 Å². The van der Waals surface area contributed by atoms with Gasteiger partial charge in [0, 0.05) is 25.7 Å². The molecule has 19 heteroatoms. The van der Waals surface area contributed by atoms with Gasteiger partial charge >= 0.3 is 39.5 Å². The van der Waals surface area contributed by atoms with Crippen LogP contribution in [-0.4, -0.2) is 96.7 Å². The van der Waals surface area contributed by atoms with E-state index in [0.29, 0.717) is 31.6 Å². The van der Waals surface area contributed by atoms with Crippen LogP contribution in [0.3, 0.4) is 0 Å². The molecule has 0 aliphatic heterocycles. The first kappa shape index (κ1) is 85.1. The third-order valence-electron chi connectivity index (χ3n) is 15.6. The number of aliphatic hydroxyl groups excluding tert-OH is 1. The van der Waals surface area contributed by atoms with E-state index in [9.17, 15) is 43.2 Å². The number of aliphatic hydroxyl groups is 1. The van der Waals surface area contributed by atoms with Crippen LogP contribution in [0.25, 0.3) is 0 Å². The normalized spacial score (nSPS) is 14.3. The lowest BCUT2D eigenvalue weighted by molar-refractivity contribution is -0.161. The summed E-state index contributed by atoms with van der Waals surface area (Å²) < 4.78 is 68.2. The van der Waals surface area contributed by atoms with Crippen molar-refractivity contribution in [2.45, 2.75) is 356 Å². The van der Waals surface area contributed by atoms with E-state index in [2.05, 4.69) is 48.5 Å². The highest BCUT2D eigenvalue weighted by Crippen LogP contribution is 2.45. The Labute approximate surface area is 530 Å². The lowest BCUT2D eigenvalue weighted by Crippen LogP contribution is -2.30. The molecule has 0 fully saturated rings. The molecule has 87 heavy (non-hydrogen) atoms. The molecule has 0 rings (SSSR count). The number of hydrogen-bond donors (Lipinski definition) is 3. The van der Waals surface area contributed by atoms with Crippen LogP contribution in [0.1, 0.15) is 337 Å². The van der Waals surface area contributed by atoms with Gasteiger partial charge in [0.1, 0.15) is 19.3 Å². The van der Waals surface area contributed by atoms with Crippen LogP contribution in [0, 0.1) is 17.8 Å². The van der Waals surface area contributed by atoms with Gasteiger partial charge in [0.15, 0.2) is 12.2 Å². The fourth-order valence-corrected chi connectivity index (χ4v) is 11.8. The van der Waals surface area contributed by atoms with Crippen molar-refractivity contribution in [1.82, 2.24) is 0 Å². The highest BCUT2D eigenvalue weighted by molar-refractivity contribution is 7.47. The molecule has 17 nitrogen and oxygen atoms in total. The van der Waals surface area contributed by atoms with Gasteiger partial charge in [-0.1, -0.05) is 286 Å². The van der Waals surface area contributed by atoms with E-state index < -0.39 is 97.5 Å². The quantitative estimate of drug-likeness (QED) is 0.0222. The Morgan fingerprint density at radius 1 is 0.310 bits per heavy atom. The number of carbonyl (C=O) groups excluding carboxylic acids is 4. The minimum Gasteiger partial charge on any atom is -0.462 e. The zero-order chi connectivity index (χ0) is 64.5. The van der Waals surface area contributed by atoms with E-state index in [4.69, 9.17) is 37.0 Å². The first-order valence-electron chi connectivity index (χ1n) is 35.3. The topological polar surface area (TPSA) is 237 Å². The molecule has 0 radical (unpaired) electrons. The summed E-state index contributed by atoms with van der Waals surface area (Å²) in [5.74, 6) is 0.0850. The van der Waals surface area contributed by atoms with Crippen molar-refractivity contribution in [1.29, 1.82) is 0 Å². The fourth-order valence-electron chi connectivity index (χ4n) is 10.2. The van der Waals surface area contributed by atoms with Crippen molar-refractivity contribution >= 4 is 39.5 Å². The number of esters is 4. The molecule has 5 atom stereocenters. The van der Waals surface area contributed by atoms with Gasteiger partial charge in [-0.15, -0.1) is 0 Å². The lowest BCUT2D eigenvalue weighted by Gasteiger charge is -2.21. The van der Waals surface area contributed by atoms with Crippen molar-refractivity contribution in [3.8, 4) is 0 Å². The summed E-state index contributed by atoms with van der Waals surface area (Å²) in [4.78, 5) is 72.4. The average molecular weight is 1280 g/mol. The minimum absolute atomic E-state index is 0.106. The van der Waals surface area contributed by atoms with Crippen molar-refractivity contribution in [3.63, 3.8) is 0 Å². The maximum atomic E-state index is 13.0. The van der Waals surface area contributed by atoms with E-state index in [1.807, 2.05) is 0 Å². The lowest BCUT2D eigenvalue weighted by atomic mass is 10.0. The standard InChI is InChI=1S/C68H132O17P2/c1-8-9-10-11-12-13-15-21-29-37-44-51-67(72)85-64(56-79-66(71)50-43-36-31-24-27-34-41-48-61(6)7)58-83-87(76,77)81-54-62(69)53-80-86(74,75)82-57-63(55-78-65(70)49-42-35-28-23-18-20-26-33-40-47-60(4)5)84-68(73)52-45-38-30-22-17-14-16-19-25-32-39-46-59(2)3/h59-64,69H,8-58H2,1-7H3,(H,74,75)(H,76,77)/t62-,63-,64-/m1/s1. The first-order chi connectivity index (χ1) is 41.7. The smallest absolute Gasteiger partial charge is 0.462 e. The minimum atomic E-state index is -4.95. The second-order valence-electron chi connectivity index (χ2n) is 26.0. The van der Waals surface area contributed by atoms with Gasteiger partial charge in [0.2, 0.25) is 0 Å². The zero-order valence-corrected chi connectivity index (χ0v) is 58.3. The molecular weight excluding hydrogens is 1150 g/mol. The van der Waals surface area contributed by atoms with E-state index in [-0.39, 0.29) is 25.7 Å². The average Bonchev–Trinajstić information content (AvgIpc) is 3.69. The van der Waals surface area contributed by atoms with Gasteiger partial charge < -0.3 is 33.8 Å². The summed E-state index contributed by atoms with van der Waals surface area (Å²) in [5.41, 5.74) is 0. The number of rotatable bonds is 66. The molecule has 3 N–H and O–H groups in total. The van der Waals surface area contributed by atoms with Crippen LogP contribution in [0.4, 0.5) is 0 Å². The Hall–Kier alpha value is -1.94. The SMILES string of the molecule is CCCCCCCCCCCCCC(=O)O[C@H](COC(=O)CCCCCCCCCC(C)C)COP(=O)(O)OC[C@H](O)COP(=O)(O)OC[C@@H](COC(=O)CCCCCCCCCCCC(C)C)OC(=O)CCCCCCCCCCCCCC(C)C. The van der Waals surface area contributed by atoms with Crippen LogP contribution >= 0.6 is 15.6 Å². The van der Waals surface area contributed by atoms with Crippen LogP contribution < -0.4 is 0 Å². The van der Waals surface area contributed by atoms with Crippen molar-refractivity contribution in [3.05, 3.63) is 0 Å². The summed E-state index contributed by atoms with van der Waals surface area (Å²) in [5, 5.41) is 10.6. The molecule has 2 unspecified atom stereocenters. The number of unbranched alkanes of at least 4 members (excludes halogenated alkanes) is 34. The van der Waals surface area contributed by atoms with E-state index >= 15 is 0 Å². The van der Waals surface area contributed by atoms with Gasteiger partial charge in [-0.2, -0.15) is 0 Å². The van der Waals surface area contributed by atoms with Gasteiger partial charge in [0.25, 0.3) is 0 Å². The fraction of sp³-hybridized carbons (Fsp3) is 0.941. The molecule has 0 aromatic heterocycles. The van der Waals surface area contributed by atoms with E-state index in [1.54, 1.807) is 0 Å². The van der Waals surface area contributed by atoms with Crippen LogP contribution in [0.15, 0.2) is 0 Å². The zero-order valence-electron chi connectivity index (χ0n) is 56.5. The molecule has 0 heterocycles. The number of phosphoric acid groups is 2. The Balaban J connectivity index is 5.25. The van der Waals surface area contributed by atoms with Gasteiger partial charge in [-0.05, 0) is 43.4 Å². The molecular formula is C68H132O17P2. The Morgan fingerprint density at radius 2 is 0.529 bits per heavy atom.